The van der Waals surface area contributed by atoms with E-state index in [0.29, 0.717) is 18.5 Å². The lowest BCUT2D eigenvalue weighted by Gasteiger charge is -2.15. The van der Waals surface area contributed by atoms with Crippen molar-refractivity contribution in [3.05, 3.63) is 30.1 Å². The number of hydrogen-bond acceptors (Lipinski definition) is 2. The second-order valence-corrected chi connectivity index (χ2v) is 5.30. The fourth-order valence-electron chi connectivity index (χ4n) is 2.84. The molecule has 0 spiro atoms. The SMILES string of the molecule is CCC1CC(C(=O)O)C(C(=O)Nc2cccc(F)c2)C1. The smallest absolute Gasteiger partial charge is 0.307 e. The third-order valence-corrected chi connectivity index (χ3v) is 3.98. The Bertz CT molecular complexity index is 518. The highest BCUT2D eigenvalue weighted by Gasteiger charge is 2.42. The van der Waals surface area contributed by atoms with E-state index in [1.54, 1.807) is 6.07 Å². The van der Waals surface area contributed by atoms with E-state index in [9.17, 15) is 19.1 Å². The topological polar surface area (TPSA) is 66.4 Å². The van der Waals surface area contributed by atoms with Gasteiger partial charge in [0.15, 0.2) is 0 Å². The lowest BCUT2D eigenvalue weighted by molar-refractivity contribution is -0.145. The third-order valence-electron chi connectivity index (χ3n) is 3.98. The van der Waals surface area contributed by atoms with Gasteiger partial charge in [0.25, 0.3) is 0 Å². The largest absolute Gasteiger partial charge is 0.481 e. The van der Waals surface area contributed by atoms with Crippen LogP contribution in [-0.4, -0.2) is 17.0 Å². The molecule has 0 aromatic heterocycles. The van der Waals surface area contributed by atoms with Crippen LogP contribution >= 0.6 is 0 Å². The van der Waals surface area contributed by atoms with Gasteiger partial charge < -0.3 is 10.4 Å². The summed E-state index contributed by atoms with van der Waals surface area (Å²) in [5.74, 6) is -2.62. The lowest BCUT2D eigenvalue weighted by Crippen LogP contribution is -2.30. The van der Waals surface area contributed by atoms with Gasteiger partial charge in [0, 0.05) is 5.69 Å². The molecule has 0 heterocycles. The van der Waals surface area contributed by atoms with E-state index in [2.05, 4.69) is 5.32 Å². The van der Waals surface area contributed by atoms with E-state index >= 15 is 0 Å². The second kappa shape index (κ2) is 6.03. The van der Waals surface area contributed by atoms with Gasteiger partial charge in [0.1, 0.15) is 5.82 Å². The first kappa shape index (κ1) is 14.5. The molecule has 20 heavy (non-hydrogen) atoms. The van der Waals surface area contributed by atoms with Crippen LogP contribution < -0.4 is 5.32 Å². The van der Waals surface area contributed by atoms with E-state index in [-0.39, 0.29) is 11.8 Å². The highest BCUT2D eigenvalue weighted by atomic mass is 19.1. The number of rotatable bonds is 4. The van der Waals surface area contributed by atoms with Crippen LogP contribution in [0, 0.1) is 23.6 Å². The van der Waals surface area contributed by atoms with Crippen molar-refractivity contribution in [3.63, 3.8) is 0 Å². The minimum absolute atomic E-state index is 0.263. The van der Waals surface area contributed by atoms with E-state index in [4.69, 9.17) is 0 Å². The number of carboxylic acids is 1. The number of carbonyl (C=O) groups excluding carboxylic acids is 1. The number of anilines is 1. The number of hydrogen-bond donors (Lipinski definition) is 2. The first-order valence-electron chi connectivity index (χ1n) is 6.80. The van der Waals surface area contributed by atoms with E-state index in [0.717, 1.165) is 6.42 Å². The zero-order valence-corrected chi connectivity index (χ0v) is 11.3. The molecule has 1 fully saturated rings. The minimum Gasteiger partial charge on any atom is -0.481 e. The Balaban J connectivity index is 2.09. The predicted octanol–water partition coefficient (Wildman–Crippen LogP) is 2.90. The van der Waals surface area contributed by atoms with Crippen LogP contribution in [0.2, 0.25) is 0 Å². The summed E-state index contributed by atoms with van der Waals surface area (Å²) in [6.07, 6.45) is 1.98. The average molecular weight is 279 g/mol. The molecule has 5 heteroatoms. The first-order valence-corrected chi connectivity index (χ1v) is 6.80. The van der Waals surface area contributed by atoms with Crippen LogP contribution in [0.4, 0.5) is 10.1 Å². The van der Waals surface area contributed by atoms with Crippen LogP contribution in [0.25, 0.3) is 0 Å². The molecule has 0 bridgehead atoms. The number of carbonyl (C=O) groups is 2. The molecule has 3 atom stereocenters. The number of benzene rings is 1. The third kappa shape index (κ3) is 3.15. The summed E-state index contributed by atoms with van der Waals surface area (Å²) in [4.78, 5) is 23.4. The Morgan fingerprint density at radius 2 is 2.05 bits per heavy atom. The summed E-state index contributed by atoms with van der Waals surface area (Å²) in [7, 11) is 0. The molecule has 1 aromatic rings. The molecule has 2 N–H and O–H groups in total. The summed E-state index contributed by atoms with van der Waals surface area (Å²) in [6, 6.07) is 5.60. The number of amides is 1. The molecule has 1 saturated carbocycles. The Morgan fingerprint density at radius 3 is 2.65 bits per heavy atom. The van der Waals surface area contributed by atoms with Crippen molar-refractivity contribution in [2.24, 2.45) is 17.8 Å². The fraction of sp³-hybridized carbons (Fsp3) is 0.467. The Hall–Kier alpha value is -1.91. The average Bonchev–Trinajstić information content (AvgIpc) is 2.83. The number of carboxylic acid groups (broad SMARTS) is 1. The van der Waals surface area contributed by atoms with Crippen LogP contribution in [0.5, 0.6) is 0 Å². The van der Waals surface area contributed by atoms with Crippen molar-refractivity contribution in [2.45, 2.75) is 26.2 Å². The minimum atomic E-state index is -0.930. The molecule has 4 nitrogen and oxygen atoms in total. The van der Waals surface area contributed by atoms with Crippen molar-refractivity contribution >= 4 is 17.6 Å². The van der Waals surface area contributed by atoms with E-state index < -0.39 is 23.6 Å². The molecular weight excluding hydrogens is 261 g/mol. The Morgan fingerprint density at radius 1 is 1.35 bits per heavy atom. The summed E-state index contributed by atoms with van der Waals surface area (Å²) in [5.41, 5.74) is 0.360. The molecule has 108 valence electrons. The highest BCUT2D eigenvalue weighted by Crippen LogP contribution is 2.39. The maximum absolute atomic E-state index is 13.1. The highest BCUT2D eigenvalue weighted by molar-refractivity contribution is 5.95. The molecule has 0 radical (unpaired) electrons. The lowest BCUT2D eigenvalue weighted by atomic mass is 9.95. The molecule has 1 aliphatic rings. The first-order chi connectivity index (χ1) is 9.51. The quantitative estimate of drug-likeness (QED) is 0.890. The van der Waals surface area contributed by atoms with Gasteiger partial charge in [-0.2, -0.15) is 0 Å². The van der Waals surface area contributed by atoms with Crippen molar-refractivity contribution < 1.29 is 19.1 Å². The van der Waals surface area contributed by atoms with Gasteiger partial charge in [-0.05, 0) is 37.0 Å². The zero-order chi connectivity index (χ0) is 14.7. The van der Waals surface area contributed by atoms with Crippen LogP contribution in [-0.2, 0) is 9.59 Å². The van der Waals surface area contributed by atoms with E-state index in [1.165, 1.54) is 18.2 Å². The van der Waals surface area contributed by atoms with Crippen molar-refractivity contribution in [1.29, 1.82) is 0 Å². The van der Waals surface area contributed by atoms with Gasteiger partial charge in [-0.3, -0.25) is 9.59 Å². The fourth-order valence-corrected chi connectivity index (χ4v) is 2.84. The summed E-state index contributed by atoms with van der Waals surface area (Å²) in [5, 5.41) is 11.8. The van der Waals surface area contributed by atoms with Gasteiger partial charge >= 0.3 is 5.97 Å². The molecule has 1 amide bonds. The van der Waals surface area contributed by atoms with Gasteiger partial charge in [-0.25, -0.2) is 4.39 Å². The van der Waals surface area contributed by atoms with E-state index in [1.807, 2.05) is 6.92 Å². The molecular formula is C15H18FNO3. The van der Waals surface area contributed by atoms with Crippen molar-refractivity contribution in [3.8, 4) is 0 Å². The van der Waals surface area contributed by atoms with Crippen molar-refractivity contribution in [2.75, 3.05) is 5.32 Å². The predicted molar refractivity (Wildman–Crippen MR) is 72.7 cm³/mol. The molecule has 1 aliphatic carbocycles. The molecule has 0 aliphatic heterocycles. The van der Waals surface area contributed by atoms with Crippen molar-refractivity contribution in [1.82, 2.24) is 0 Å². The molecule has 0 saturated heterocycles. The molecule has 2 rings (SSSR count). The summed E-state index contributed by atoms with van der Waals surface area (Å²) < 4.78 is 13.1. The second-order valence-electron chi connectivity index (χ2n) is 5.30. The number of aliphatic carboxylic acids is 1. The Labute approximate surface area is 117 Å². The number of nitrogens with one attached hydrogen (secondary N) is 1. The molecule has 3 unspecified atom stereocenters. The normalized spacial score (nSPS) is 25.4. The van der Waals surface area contributed by atoms with Crippen LogP contribution in [0.15, 0.2) is 24.3 Å². The molecule has 1 aromatic carbocycles. The maximum Gasteiger partial charge on any atom is 0.307 e. The summed E-state index contributed by atoms with van der Waals surface area (Å²) in [6.45, 7) is 2.00. The standard InChI is InChI=1S/C15H18FNO3/c1-2-9-6-12(13(7-9)15(19)20)14(18)17-11-5-3-4-10(16)8-11/h3-5,8-9,12-13H,2,6-7H2,1H3,(H,17,18)(H,19,20). The van der Waals surface area contributed by atoms with Gasteiger partial charge in [0.2, 0.25) is 5.91 Å². The van der Waals surface area contributed by atoms with Gasteiger partial charge in [-0.1, -0.05) is 19.4 Å². The number of halogens is 1. The maximum atomic E-state index is 13.1. The van der Waals surface area contributed by atoms with Crippen LogP contribution in [0.3, 0.4) is 0 Å². The van der Waals surface area contributed by atoms with Crippen LogP contribution in [0.1, 0.15) is 26.2 Å². The Kier molecular flexibility index (Phi) is 4.37. The monoisotopic (exact) mass is 279 g/mol. The van der Waals surface area contributed by atoms with Gasteiger partial charge in [0.05, 0.1) is 11.8 Å². The summed E-state index contributed by atoms with van der Waals surface area (Å²) >= 11 is 0. The van der Waals surface area contributed by atoms with Gasteiger partial charge in [-0.15, -0.1) is 0 Å². The zero-order valence-electron chi connectivity index (χ0n) is 11.3.